The van der Waals surface area contributed by atoms with Gasteiger partial charge in [0, 0.05) is 35.8 Å². The lowest BCUT2D eigenvalue weighted by molar-refractivity contribution is 0.0575. The van der Waals surface area contributed by atoms with Gasteiger partial charge in [-0.2, -0.15) is 0 Å². The van der Waals surface area contributed by atoms with Crippen molar-refractivity contribution in [2.24, 2.45) is 0 Å². The van der Waals surface area contributed by atoms with Crippen LogP contribution >= 0.6 is 11.6 Å². The van der Waals surface area contributed by atoms with Crippen LogP contribution in [0.25, 0.3) is 0 Å². The summed E-state index contributed by atoms with van der Waals surface area (Å²) in [6.07, 6.45) is 2.00. The van der Waals surface area contributed by atoms with E-state index in [0.717, 1.165) is 37.1 Å². The number of nitrogens with zero attached hydrogens (tertiary/aromatic N) is 1. The average Bonchev–Trinajstić information content (AvgIpc) is 2.48. The quantitative estimate of drug-likeness (QED) is 0.928. The summed E-state index contributed by atoms with van der Waals surface area (Å²) in [5.41, 5.74) is 1.72. The van der Waals surface area contributed by atoms with Gasteiger partial charge in [-0.15, -0.1) is 0 Å². The lowest BCUT2D eigenvalue weighted by Gasteiger charge is -2.40. The summed E-state index contributed by atoms with van der Waals surface area (Å²) in [6, 6.07) is 6.19. The van der Waals surface area contributed by atoms with Crippen molar-refractivity contribution in [1.29, 1.82) is 0 Å². The van der Waals surface area contributed by atoms with Crippen LogP contribution in [0.5, 0.6) is 0 Å². The zero-order valence-corrected chi connectivity index (χ0v) is 13.2. The van der Waals surface area contributed by atoms with Crippen LogP contribution in [0, 0.1) is 6.92 Å². The molecule has 4 heteroatoms. The van der Waals surface area contributed by atoms with Gasteiger partial charge in [0.1, 0.15) is 0 Å². The van der Waals surface area contributed by atoms with Gasteiger partial charge in [-0.3, -0.25) is 4.79 Å². The van der Waals surface area contributed by atoms with Gasteiger partial charge in [-0.1, -0.05) is 31.5 Å². The summed E-state index contributed by atoms with van der Waals surface area (Å²) in [6.45, 7) is 7.89. The third kappa shape index (κ3) is 3.15. The molecule has 2 atom stereocenters. The third-order valence-corrected chi connectivity index (χ3v) is 4.39. The van der Waals surface area contributed by atoms with Crippen LogP contribution in [0.1, 0.15) is 42.6 Å². The molecule has 2 rings (SSSR count). The van der Waals surface area contributed by atoms with Gasteiger partial charge in [0.05, 0.1) is 0 Å². The Morgan fingerprint density at radius 2 is 2.15 bits per heavy atom. The topological polar surface area (TPSA) is 32.3 Å². The van der Waals surface area contributed by atoms with Crippen LogP contribution in [0.3, 0.4) is 0 Å². The molecule has 1 aromatic carbocycles. The number of benzene rings is 1. The second-order valence-corrected chi connectivity index (χ2v) is 5.93. The standard InChI is InChI=1S/C16H23ClN2O/c1-4-13-10-19(14(5-2)9-18-13)16(20)15-8-12(17)7-6-11(15)3/h6-8,13-14,18H,4-5,9-10H2,1-3H3. The van der Waals surface area contributed by atoms with Gasteiger partial charge in [0.25, 0.3) is 5.91 Å². The predicted octanol–water partition coefficient (Wildman–Crippen LogP) is 3.25. The number of hydrogen-bond donors (Lipinski definition) is 1. The lowest BCUT2D eigenvalue weighted by Crippen LogP contribution is -2.58. The number of halogens is 1. The Balaban J connectivity index is 2.26. The molecule has 0 aliphatic carbocycles. The maximum Gasteiger partial charge on any atom is 0.254 e. The zero-order valence-electron chi connectivity index (χ0n) is 12.4. The van der Waals surface area contributed by atoms with Crippen LogP contribution < -0.4 is 5.32 Å². The maximum absolute atomic E-state index is 12.8. The smallest absolute Gasteiger partial charge is 0.254 e. The van der Waals surface area contributed by atoms with Crippen molar-refractivity contribution in [2.75, 3.05) is 13.1 Å². The molecule has 1 heterocycles. The minimum atomic E-state index is 0.108. The molecule has 1 amide bonds. The highest BCUT2D eigenvalue weighted by atomic mass is 35.5. The number of aryl methyl sites for hydroxylation is 1. The number of carbonyl (C=O) groups excluding carboxylic acids is 1. The first-order valence-corrected chi connectivity index (χ1v) is 7.75. The number of rotatable bonds is 3. The average molecular weight is 295 g/mol. The monoisotopic (exact) mass is 294 g/mol. The van der Waals surface area contributed by atoms with Crippen molar-refractivity contribution in [1.82, 2.24) is 10.2 Å². The molecule has 110 valence electrons. The highest BCUT2D eigenvalue weighted by Gasteiger charge is 2.30. The third-order valence-electron chi connectivity index (χ3n) is 4.15. The second kappa shape index (κ2) is 6.59. The molecule has 0 bridgehead atoms. The molecule has 20 heavy (non-hydrogen) atoms. The fourth-order valence-electron chi connectivity index (χ4n) is 2.73. The fourth-order valence-corrected chi connectivity index (χ4v) is 2.90. The van der Waals surface area contributed by atoms with Crippen molar-refractivity contribution in [3.8, 4) is 0 Å². The molecule has 1 aliphatic rings. The number of hydrogen-bond acceptors (Lipinski definition) is 2. The van der Waals surface area contributed by atoms with Crippen LogP contribution in [0.15, 0.2) is 18.2 Å². The van der Waals surface area contributed by atoms with Crippen molar-refractivity contribution < 1.29 is 4.79 Å². The first kappa shape index (κ1) is 15.3. The predicted molar refractivity (Wildman–Crippen MR) is 83.4 cm³/mol. The minimum absolute atomic E-state index is 0.108. The van der Waals surface area contributed by atoms with E-state index in [0.29, 0.717) is 11.1 Å². The van der Waals surface area contributed by atoms with E-state index in [1.165, 1.54) is 0 Å². The van der Waals surface area contributed by atoms with E-state index in [-0.39, 0.29) is 11.9 Å². The Kier molecular flexibility index (Phi) is 5.06. The summed E-state index contributed by atoms with van der Waals surface area (Å²) in [7, 11) is 0. The molecule has 1 N–H and O–H groups in total. The van der Waals surface area contributed by atoms with E-state index in [2.05, 4.69) is 19.2 Å². The molecule has 0 aromatic heterocycles. The molecule has 3 nitrogen and oxygen atoms in total. The van der Waals surface area contributed by atoms with Gasteiger partial charge in [-0.25, -0.2) is 0 Å². The second-order valence-electron chi connectivity index (χ2n) is 5.49. The summed E-state index contributed by atoms with van der Waals surface area (Å²) >= 11 is 6.04. The van der Waals surface area contributed by atoms with E-state index in [1.54, 1.807) is 6.07 Å². The molecular formula is C16H23ClN2O. The molecule has 2 unspecified atom stereocenters. The van der Waals surface area contributed by atoms with Gasteiger partial charge < -0.3 is 10.2 Å². The highest BCUT2D eigenvalue weighted by molar-refractivity contribution is 6.31. The van der Waals surface area contributed by atoms with E-state index < -0.39 is 0 Å². The van der Waals surface area contributed by atoms with Crippen LogP contribution in [-0.2, 0) is 0 Å². The Bertz CT molecular complexity index is 489. The van der Waals surface area contributed by atoms with Gasteiger partial charge in [0.2, 0.25) is 0 Å². The Labute approximate surface area is 126 Å². The Morgan fingerprint density at radius 1 is 1.40 bits per heavy atom. The minimum Gasteiger partial charge on any atom is -0.333 e. The van der Waals surface area contributed by atoms with E-state index in [1.807, 2.05) is 24.0 Å². The molecular weight excluding hydrogens is 272 g/mol. The molecule has 0 saturated carbocycles. The number of amides is 1. The highest BCUT2D eigenvalue weighted by Crippen LogP contribution is 2.21. The normalized spacial score (nSPS) is 22.9. The molecule has 1 fully saturated rings. The molecule has 1 aliphatic heterocycles. The van der Waals surface area contributed by atoms with E-state index in [4.69, 9.17) is 11.6 Å². The Morgan fingerprint density at radius 3 is 2.80 bits per heavy atom. The summed E-state index contributed by atoms with van der Waals surface area (Å²) in [5, 5.41) is 4.13. The van der Waals surface area contributed by atoms with Crippen molar-refractivity contribution >= 4 is 17.5 Å². The number of nitrogens with one attached hydrogen (secondary N) is 1. The first-order chi connectivity index (χ1) is 9.56. The van der Waals surface area contributed by atoms with E-state index in [9.17, 15) is 4.79 Å². The molecule has 1 aromatic rings. The van der Waals surface area contributed by atoms with Crippen molar-refractivity contribution in [3.63, 3.8) is 0 Å². The maximum atomic E-state index is 12.8. The van der Waals surface area contributed by atoms with Gasteiger partial charge >= 0.3 is 0 Å². The SMILES string of the molecule is CCC1CN(C(=O)c2cc(Cl)ccc2C)C(CC)CN1. The summed E-state index contributed by atoms with van der Waals surface area (Å²) < 4.78 is 0. The fraction of sp³-hybridized carbons (Fsp3) is 0.562. The Hall–Kier alpha value is -1.06. The van der Waals surface area contributed by atoms with Gasteiger partial charge in [0.15, 0.2) is 0 Å². The van der Waals surface area contributed by atoms with Crippen molar-refractivity contribution in [3.05, 3.63) is 34.3 Å². The number of piperazine rings is 1. The lowest BCUT2D eigenvalue weighted by atomic mass is 10.0. The largest absolute Gasteiger partial charge is 0.333 e. The van der Waals surface area contributed by atoms with Crippen LogP contribution in [0.4, 0.5) is 0 Å². The molecule has 1 saturated heterocycles. The van der Waals surface area contributed by atoms with E-state index >= 15 is 0 Å². The van der Waals surface area contributed by atoms with Gasteiger partial charge in [-0.05, 0) is 37.5 Å². The van der Waals surface area contributed by atoms with Crippen LogP contribution in [0.2, 0.25) is 5.02 Å². The van der Waals surface area contributed by atoms with Crippen molar-refractivity contribution in [2.45, 2.75) is 45.7 Å². The number of carbonyl (C=O) groups is 1. The first-order valence-electron chi connectivity index (χ1n) is 7.37. The summed E-state index contributed by atoms with van der Waals surface area (Å²) in [5.74, 6) is 0.108. The molecule has 0 radical (unpaired) electrons. The zero-order chi connectivity index (χ0) is 14.7. The summed E-state index contributed by atoms with van der Waals surface area (Å²) in [4.78, 5) is 14.9. The van der Waals surface area contributed by atoms with Crippen LogP contribution in [-0.4, -0.2) is 36.0 Å². The molecule has 0 spiro atoms.